The molecule has 1 saturated heterocycles. The van der Waals surface area contributed by atoms with Crippen molar-refractivity contribution in [1.82, 2.24) is 20.0 Å². The first-order valence-electron chi connectivity index (χ1n) is 9.09. The van der Waals surface area contributed by atoms with Gasteiger partial charge in [-0.1, -0.05) is 5.16 Å². The Morgan fingerprint density at radius 1 is 1.00 bits per heavy atom. The lowest BCUT2D eigenvalue weighted by Crippen LogP contribution is -2.49. The molecular weight excluding hydrogens is 425 g/mol. The van der Waals surface area contributed by atoms with Crippen molar-refractivity contribution in [3.63, 3.8) is 0 Å². The minimum atomic E-state index is -4.73. The molecule has 0 radical (unpaired) electrons. The van der Waals surface area contributed by atoms with E-state index >= 15 is 0 Å². The van der Waals surface area contributed by atoms with Crippen molar-refractivity contribution in [1.29, 1.82) is 0 Å². The second-order valence-electron chi connectivity index (χ2n) is 6.73. The maximum atomic E-state index is 13.4. The van der Waals surface area contributed by atoms with E-state index in [0.29, 0.717) is 32.0 Å². The van der Waals surface area contributed by atoms with E-state index in [9.17, 15) is 26.7 Å². The molecule has 1 fully saturated rings. The van der Waals surface area contributed by atoms with Crippen LogP contribution in [0.5, 0.6) is 0 Å². The molecule has 1 aliphatic heterocycles. The van der Waals surface area contributed by atoms with E-state index in [-0.39, 0.29) is 17.0 Å². The number of rotatable bonds is 3. The van der Waals surface area contributed by atoms with Gasteiger partial charge in [0.05, 0.1) is 0 Å². The lowest BCUT2D eigenvalue weighted by Gasteiger charge is -2.35. The summed E-state index contributed by atoms with van der Waals surface area (Å²) in [7, 11) is 0. The molecule has 0 unspecified atom stereocenters. The zero-order valence-electron chi connectivity index (χ0n) is 15.7. The highest BCUT2D eigenvalue weighted by atomic mass is 19.4. The molecule has 162 valence electrons. The molecule has 3 heterocycles. The van der Waals surface area contributed by atoms with Crippen LogP contribution in [-0.2, 0) is 6.18 Å². The Hall–Kier alpha value is -3.57. The molecular formula is C19H14F5N5O2. The highest BCUT2D eigenvalue weighted by molar-refractivity contribution is 5.94. The minimum absolute atomic E-state index is 0.0631. The Bertz CT molecular complexity index is 1090. The Balaban J connectivity index is 1.39. The van der Waals surface area contributed by atoms with Crippen LogP contribution < -0.4 is 4.90 Å². The van der Waals surface area contributed by atoms with Crippen LogP contribution in [0.3, 0.4) is 0 Å². The molecule has 0 saturated carbocycles. The summed E-state index contributed by atoms with van der Waals surface area (Å²) in [6.07, 6.45) is -3.39. The smallest absolute Gasteiger partial charge is 0.353 e. The average Bonchev–Trinajstić information content (AvgIpc) is 3.26. The molecule has 1 aromatic carbocycles. The Morgan fingerprint density at radius 2 is 1.74 bits per heavy atom. The van der Waals surface area contributed by atoms with Crippen LogP contribution in [0.2, 0.25) is 0 Å². The molecule has 0 atom stereocenters. The van der Waals surface area contributed by atoms with Crippen LogP contribution in [0.1, 0.15) is 16.2 Å². The summed E-state index contributed by atoms with van der Waals surface area (Å²) in [6, 6.07) is 6.13. The summed E-state index contributed by atoms with van der Waals surface area (Å²) in [4.78, 5) is 23.4. The summed E-state index contributed by atoms with van der Waals surface area (Å²) in [5.41, 5.74) is 0.323. The van der Waals surface area contributed by atoms with E-state index in [0.717, 1.165) is 12.1 Å². The van der Waals surface area contributed by atoms with Gasteiger partial charge in [-0.05, 0) is 30.3 Å². The van der Waals surface area contributed by atoms with Crippen LogP contribution in [0, 0.1) is 11.6 Å². The number of alkyl halides is 3. The zero-order chi connectivity index (χ0) is 22.2. The zero-order valence-corrected chi connectivity index (χ0v) is 15.7. The second kappa shape index (κ2) is 7.93. The van der Waals surface area contributed by atoms with Gasteiger partial charge >= 0.3 is 12.1 Å². The molecule has 0 spiro atoms. The SMILES string of the molecule is O=C(c1ccc(F)c(F)c1)N1CCN(c2ccc(-c3noc(C(F)(F)F)n3)cn2)CC1. The number of halogens is 5. The van der Waals surface area contributed by atoms with E-state index < -0.39 is 29.6 Å². The number of aromatic nitrogens is 3. The topological polar surface area (TPSA) is 75.4 Å². The second-order valence-corrected chi connectivity index (χ2v) is 6.73. The number of nitrogens with zero attached hydrogens (tertiary/aromatic N) is 5. The van der Waals surface area contributed by atoms with Crippen LogP contribution in [0.4, 0.5) is 27.8 Å². The van der Waals surface area contributed by atoms with Crippen molar-refractivity contribution in [2.24, 2.45) is 0 Å². The largest absolute Gasteiger partial charge is 0.471 e. The van der Waals surface area contributed by atoms with Gasteiger partial charge in [-0.2, -0.15) is 18.2 Å². The number of carbonyl (C=O) groups excluding carboxylic acids is 1. The first kappa shape index (κ1) is 20.7. The van der Waals surface area contributed by atoms with Gasteiger partial charge in [0.15, 0.2) is 11.6 Å². The molecule has 7 nitrogen and oxygen atoms in total. The summed E-state index contributed by atoms with van der Waals surface area (Å²) >= 11 is 0. The lowest BCUT2D eigenvalue weighted by molar-refractivity contribution is -0.159. The number of benzene rings is 1. The van der Waals surface area contributed by atoms with Gasteiger partial charge in [-0.15, -0.1) is 0 Å². The molecule has 1 amide bonds. The highest BCUT2D eigenvalue weighted by Crippen LogP contribution is 2.29. The quantitative estimate of drug-likeness (QED) is 0.583. The Kier molecular flexibility index (Phi) is 5.29. The third-order valence-electron chi connectivity index (χ3n) is 4.73. The van der Waals surface area contributed by atoms with Crippen molar-refractivity contribution in [3.8, 4) is 11.4 Å². The monoisotopic (exact) mass is 439 g/mol. The molecule has 0 bridgehead atoms. The summed E-state index contributed by atoms with van der Waals surface area (Å²) in [5.74, 6) is -3.62. The van der Waals surface area contributed by atoms with Crippen molar-refractivity contribution in [3.05, 3.63) is 59.6 Å². The first-order chi connectivity index (χ1) is 14.7. The van der Waals surface area contributed by atoms with Gasteiger partial charge in [0, 0.05) is 43.5 Å². The number of anilines is 1. The van der Waals surface area contributed by atoms with Crippen molar-refractivity contribution < 1.29 is 31.3 Å². The Labute approximate surface area is 172 Å². The van der Waals surface area contributed by atoms with E-state index in [1.165, 1.54) is 23.2 Å². The highest BCUT2D eigenvalue weighted by Gasteiger charge is 2.38. The van der Waals surface area contributed by atoms with Gasteiger partial charge < -0.3 is 14.3 Å². The number of pyridine rings is 1. The van der Waals surface area contributed by atoms with Crippen LogP contribution in [-0.4, -0.2) is 52.1 Å². The standard InChI is InChI=1S/C19H14F5N5O2/c20-13-3-1-11(9-14(13)21)17(30)29-7-5-28(6-8-29)15-4-2-12(10-25-15)16-26-18(31-27-16)19(22,23)24/h1-4,9-10H,5-8H2. The fourth-order valence-electron chi connectivity index (χ4n) is 3.11. The first-order valence-corrected chi connectivity index (χ1v) is 9.09. The minimum Gasteiger partial charge on any atom is -0.353 e. The van der Waals surface area contributed by atoms with E-state index in [4.69, 9.17) is 0 Å². The molecule has 3 aromatic rings. The third kappa shape index (κ3) is 4.32. The van der Waals surface area contributed by atoms with Crippen molar-refractivity contribution >= 4 is 11.7 Å². The van der Waals surface area contributed by atoms with Crippen molar-refractivity contribution in [2.45, 2.75) is 6.18 Å². The Morgan fingerprint density at radius 3 is 2.32 bits per heavy atom. The fourth-order valence-corrected chi connectivity index (χ4v) is 3.11. The number of hydrogen-bond donors (Lipinski definition) is 0. The van der Waals surface area contributed by atoms with Crippen molar-refractivity contribution in [2.75, 3.05) is 31.1 Å². The van der Waals surface area contributed by atoms with Gasteiger partial charge in [0.25, 0.3) is 5.91 Å². The van der Waals surface area contributed by atoms with Crippen LogP contribution in [0.15, 0.2) is 41.1 Å². The predicted molar refractivity (Wildman–Crippen MR) is 97.0 cm³/mol. The van der Waals surface area contributed by atoms with E-state index in [1.54, 1.807) is 6.07 Å². The average molecular weight is 439 g/mol. The molecule has 2 aromatic heterocycles. The van der Waals surface area contributed by atoms with Gasteiger partial charge in [0.2, 0.25) is 5.82 Å². The summed E-state index contributed by atoms with van der Waals surface area (Å²) in [5, 5.41) is 3.31. The van der Waals surface area contributed by atoms with Gasteiger partial charge in [-0.25, -0.2) is 13.8 Å². The lowest BCUT2D eigenvalue weighted by atomic mass is 10.1. The van der Waals surface area contributed by atoms with Crippen LogP contribution in [0.25, 0.3) is 11.4 Å². The molecule has 0 aliphatic carbocycles. The normalized spacial score (nSPS) is 14.7. The van der Waals surface area contributed by atoms with Gasteiger partial charge in [-0.3, -0.25) is 4.79 Å². The van der Waals surface area contributed by atoms with E-state index in [1.807, 2.05) is 4.90 Å². The van der Waals surface area contributed by atoms with E-state index in [2.05, 4.69) is 19.6 Å². The maximum Gasteiger partial charge on any atom is 0.471 e. The molecule has 12 heteroatoms. The number of piperazine rings is 1. The fraction of sp³-hybridized carbons (Fsp3) is 0.263. The van der Waals surface area contributed by atoms with Gasteiger partial charge in [0.1, 0.15) is 5.82 Å². The third-order valence-corrected chi connectivity index (χ3v) is 4.73. The molecule has 1 aliphatic rings. The summed E-state index contributed by atoms with van der Waals surface area (Å²) < 4.78 is 68.4. The molecule has 4 rings (SSSR count). The maximum absolute atomic E-state index is 13.4. The number of amides is 1. The van der Waals surface area contributed by atoms with Crippen LogP contribution >= 0.6 is 0 Å². The summed E-state index contributed by atoms with van der Waals surface area (Å²) in [6.45, 7) is 1.53. The predicted octanol–water partition coefficient (Wildman–Crippen LogP) is 3.39. The molecule has 0 N–H and O–H groups in total. The molecule has 31 heavy (non-hydrogen) atoms. The number of hydrogen-bond acceptors (Lipinski definition) is 6. The number of carbonyl (C=O) groups is 1.